The third kappa shape index (κ3) is 4.64. The molecule has 3 aromatic carbocycles. The van der Waals surface area contributed by atoms with Crippen LogP contribution in [0.2, 0.25) is 0 Å². The Bertz CT molecular complexity index is 1110. The van der Waals surface area contributed by atoms with E-state index in [1.807, 2.05) is 13.8 Å². The van der Waals surface area contributed by atoms with E-state index < -0.39 is 23.7 Å². The molecular formula is C27H25F3O2. The highest BCUT2D eigenvalue weighted by Gasteiger charge is 2.22. The summed E-state index contributed by atoms with van der Waals surface area (Å²) >= 11 is 0. The smallest absolute Gasteiger partial charge is 0.183 e. The molecule has 0 aromatic heterocycles. The molecule has 1 heterocycles. The Labute approximate surface area is 186 Å². The van der Waals surface area contributed by atoms with Crippen LogP contribution < -0.4 is 0 Å². The van der Waals surface area contributed by atoms with E-state index in [0.29, 0.717) is 53.4 Å². The van der Waals surface area contributed by atoms with Crippen LogP contribution in [0.5, 0.6) is 0 Å². The maximum Gasteiger partial charge on any atom is 0.183 e. The molecule has 3 aromatic rings. The van der Waals surface area contributed by atoms with Gasteiger partial charge < -0.3 is 9.47 Å². The Hall–Kier alpha value is -2.89. The number of allylic oxidation sites excluding steroid dienone is 2. The van der Waals surface area contributed by atoms with Gasteiger partial charge >= 0.3 is 0 Å². The van der Waals surface area contributed by atoms with Crippen molar-refractivity contribution in [2.75, 3.05) is 13.2 Å². The fourth-order valence-electron chi connectivity index (χ4n) is 3.75. The van der Waals surface area contributed by atoms with Crippen LogP contribution in [0.25, 0.3) is 22.3 Å². The molecule has 5 heteroatoms. The molecule has 1 aliphatic heterocycles. The largest absolute Gasteiger partial charge is 0.348 e. The molecule has 1 fully saturated rings. The molecule has 0 saturated carbocycles. The van der Waals surface area contributed by atoms with E-state index in [0.717, 1.165) is 0 Å². The molecule has 0 bridgehead atoms. The first-order valence-electron chi connectivity index (χ1n) is 10.7. The van der Waals surface area contributed by atoms with Gasteiger partial charge in [0.2, 0.25) is 0 Å². The second kappa shape index (κ2) is 9.72. The Morgan fingerprint density at radius 2 is 1.47 bits per heavy atom. The first-order chi connectivity index (χ1) is 15.5. The van der Waals surface area contributed by atoms with Crippen molar-refractivity contribution in [3.63, 3.8) is 0 Å². The predicted octanol–water partition coefficient (Wildman–Crippen LogP) is 7.24. The molecule has 1 saturated heterocycles. The summed E-state index contributed by atoms with van der Waals surface area (Å²) in [5.41, 5.74) is 2.70. The van der Waals surface area contributed by atoms with Gasteiger partial charge in [-0.25, -0.2) is 13.2 Å². The lowest BCUT2D eigenvalue weighted by molar-refractivity contribution is -0.202. The van der Waals surface area contributed by atoms with Crippen molar-refractivity contribution in [2.45, 2.75) is 26.6 Å². The van der Waals surface area contributed by atoms with Crippen LogP contribution in [-0.4, -0.2) is 13.2 Å². The maximum atomic E-state index is 14.8. The SMILES string of the molecule is C/C=C\Cc1ccc(-c2ccc(-c3ccc(C4OCC(C)CO4)cc3F)cc2)c(F)c1F. The van der Waals surface area contributed by atoms with Gasteiger partial charge in [-0.15, -0.1) is 0 Å². The van der Waals surface area contributed by atoms with Crippen molar-refractivity contribution >= 4 is 0 Å². The van der Waals surface area contributed by atoms with E-state index in [9.17, 15) is 13.2 Å². The summed E-state index contributed by atoms with van der Waals surface area (Å²) in [5.74, 6) is -1.80. The topological polar surface area (TPSA) is 18.5 Å². The van der Waals surface area contributed by atoms with Gasteiger partial charge in [-0.2, -0.15) is 0 Å². The standard InChI is InChI=1S/C27H25F3O2/c1-3-4-5-20-10-13-23(26(30)25(20)29)19-8-6-18(7-9-19)22-12-11-21(14-24(22)28)27-31-15-17(2)16-32-27/h3-4,6-14,17,27H,5,15-16H2,1-2H3/b4-3-. The number of benzene rings is 3. The highest BCUT2D eigenvalue weighted by Crippen LogP contribution is 2.32. The summed E-state index contributed by atoms with van der Waals surface area (Å²) in [6, 6.07) is 14.8. The highest BCUT2D eigenvalue weighted by molar-refractivity contribution is 5.71. The lowest BCUT2D eigenvalue weighted by Gasteiger charge is -2.27. The van der Waals surface area contributed by atoms with Gasteiger partial charge in [0.25, 0.3) is 0 Å². The van der Waals surface area contributed by atoms with E-state index in [4.69, 9.17) is 9.47 Å². The number of hydrogen-bond donors (Lipinski definition) is 0. The molecule has 32 heavy (non-hydrogen) atoms. The lowest BCUT2D eigenvalue weighted by Crippen LogP contribution is -2.25. The summed E-state index contributed by atoms with van der Waals surface area (Å²) in [7, 11) is 0. The third-order valence-electron chi connectivity index (χ3n) is 5.57. The van der Waals surface area contributed by atoms with Gasteiger partial charge in [0, 0.05) is 22.6 Å². The molecule has 1 aliphatic rings. The van der Waals surface area contributed by atoms with Crippen molar-refractivity contribution in [3.8, 4) is 22.3 Å². The Balaban J connectivity index is 1.56. The molecule has 0 aliphatic carbocycles. The molecule has 166 valence electrons. The maximum absolute atomic E-state index is 14.8. The second-order valence-corrected chi connectivity index (χ2v) is 8.09. The number of ether oxygens (including phenoxy) is 2. The van der Waals surface area contributed by atoms with Gasteiger partial charge in [0.1, 0.15) is 5.82 Å². The van der Waals surface area contributed by atoms with E-state index in [2.05, 4.69) is 0 Å². The van der Waals surface area contributed by atoms with Gasteiger partial charge in [-0.1, -0.05) is 67.6 Å². The fraction of sp³-hybridized carbons (Fsp3) is 0.259. The molecule has 2 nitrogen and oxygen atoms in total. The minimum absolute atomic E-state index is 0.176. The summed E-state index contributed by atoms with van der Waals surface area (Å²) in [5, 5.41) is 0. The predicted molar refractivity (Wildman–Crippen MR) is 120 cm³/mol. The monoisotopic (exact) mass is 438 g/mol. The van der Waals surface area contributed by atoms with Crippen LogP contribution in [-0.2, 0) is 15.9 Å². The molecule has 0 unspecified atom stereocenters. The summed E-state index contributed by atoms with van der Waals surface area (Å²) in [6.45, 7) is 5.01. The van der Waals surface area contributed by atoms with E-state index in [1.165, 1.54) is 6.07 Å². The highest BCUT2D eigenvalue weighted by atomic mass is 19.2. The van der Waals surface area contributed by atoms with Crippen molar-refractivity contribution in [1.82, 2.24) is 0 Å². The molecule has 0 radical (unpaired) electrons. The zero-order chi connectivity index (χ0) is 22.7. The molecule has 0 spiro atoms. The first-order valence-corrected chi connectivity index (χ1v) is 10.7. The minimum Gasteiger partial charge on any atom is -0.348 e. The number of hydrogen-bond acceptors (Lipinski definition) is 2. The van der Waals surface area contributed by atoms with Crippen LogP contribution in [0.3, 0.4) is 0 Å². The molecular weight excluding hydrogens is 413 g/mol. The molecule has 0 N–H and O–H groups in total. The minimum atomic E-state index is -0.878. The fourth-order valence-corrected chi connectivity index (χ4v) is 3.75. The average molecular weight is 438 g/mol. The van der Waals surface area contributed by atoms with Gasteiger partial charge in [-0.3, -0.25) is 0 Å². The van der Waals surface area contributed by atoms with E-state index >= 15 is 0 Å². The molecule has 0 amide bonds. The Morgan fingerprint density at radius 1 is 0.844 bits per heavy atom. The van der Waals surface area contributed by atoms with Crippen molar-refractivity contribution in [1.29, 1.82) is 0 Å². The van der Waals surface area contributed by atoms with Crippen LogP contribution in [0.1, 0.15) is 31.3 Å². The van der Waals surface area contributed by atoms with Gasteiger partial charge in [0.15, 0.2) is 17.9 Å². The third-order valence-corrected chi connectivity index (χ3v) is 5.57. The molecule has 4 rings (SSSR count). The number of rotatable bonds is 5. The lowest BCUT2D eigenvalue weighted by atomic mass is 9.97. The normalized spacial score (nSPS) is 18.9. The summed E-state index contributed by atoms with van der Waals surface area (Å²) in [4.78, 5) is 0. The van der Waals surface area contributed by atoms with E-state index in [-0.39, 0.29) is 5.56 Å². The van der Waals surface area contributed by atoms with Gasteiger partial charge in [-0.05, 0) is 36.1 Å². The number of halogens is 3. The summed E-state index contributed by atoms with van der Waals surface area (Å²) in [6.07, 6.45) is 3.35. The Kier molecular flexibility index (Phi) is 6.77. The van der Waals surface area contributed by atoms with Crippen LogP contribution >= 0.6 is 0 Å². The summed E-state index contributed by atoms with van der Waals surface area (Å²) < 4.78 is 55.1. The van der Waals surface area contributed by atoms with Crippen LogP contribution in [0, 0.1) is 23.4 Å². The van der Waals surface area contributed by atoms with Crippen molar-refractivity contribution < 1.29 is 22.6 Å². The zero-order valence-corrected chi connectivity index (χ0v) is 18.1. The van der Waals surface area contributed by atoms with Crippen molar-refractivity contribution in [2.24, 2.45) is 5.92 Å². The van der Waals surface area contributed by atoms with Crippen molar-refractivity contribution in [3.05, 3.63) is 95.3 Å². The van der Waals surface area contributed by atoms with Gasteiger partial charge in [0.05, 0.1) is 13.2 Å². The quantitative estimate of drug-likeness (QED) is 0.391. The van der Waals surface area contributed by atoms with Crippen LogP contribution in [0.15, 0.2) is 66.7 Å². The first kappa shape index (κ1) is 22.3. The average Bonchev–Trinajstić information content (AvgIpc) is 2.81. The van der Waals surface area contributed by atoms with E-state index in [1.54, 1.807) is 60.7 Å². The van der Waals surface area contributed by atoms with Crippen LogP contribution in [0.4, 0.5) is 13.2 Å². The molecule has 0 atom stereocenters. The second-order valence-electron chi connectivity index (χ2n) is 8.09. The zero-order valence-electron chi connectivity index (χ0n) is 18.1. The Morgan fingerprint density at radius 3 is 2.09 bits per heavy atom.